The Balaban J connectivity index is 1.86. The van der Waals surface area contributed by atoms with Crippen LogP contribution in [0.15, 0.2) is 36.5 Å². The van der Waals surface area contributed by atoms with E-state index in [4.69, 9.17) is 27.9 Å². The summed E-state index contributed by atoms with van der Waals surface area (Å²) in [5.41, 5.74) is 4.59. The number of benzene rings is 1. The second kappa shape index (κ2) is 9.02. The molecule has 0 bridgehead atoms. The number of hydrazine groups is 1. The zero-order chi connectivity index (χ0) is 19.1. The lowest BCUT2D eigenvalue weighted by atomic mass is 10.2. The normalized spacial score (nSPS) is 9.96. The average molecular weight is 397 g/mol. The Morgan fingerprint density at radius 3 is 2.46 bits per heavy atom. The number of amides is 3. The van der Waals surface area contributed by atoms with E-state index < -0.39 is 17.7 Å². The molecule has 0 saturated heterocycles. The molecule has 0 unspecified atom stereocenters. The van der Waals surface area contributed by atoms with Crippen LogP contribution in [0.2, 0.25) is 10.0 Å². The number of hydrogen-bond donors (Lipinski definition) is 3. The summed E-state index contributed by atoms with van der Waals surface area (Å²) < 4.78 is 5.06. The van der Waals surface area contributed by atoms with Gasteiger partial charge in [-0.2, -0.15) is 0 Å². The van der Waals surface area contributed by atoms with E-state index in [9.17, 15) is 14.4 Å². The van der Waals surface area contributed by atoms with Crippen LogP contribution in [0.4, 0.5) is 0 Å². The average Bonchev–Trinajstić information content (AvgIpc) is 2.64. The minimum atomic E-state index is -0.644. The van der Waals surface area contributed by atoms with E-state index in [0.717, 1.165) is 0 Å². The fourth-order valence-corrected chi connectivity index (χ4v) is 2.21. The second-order valence-corrected chi connectivity index (χ2v) is 5.76. The Kier molecular flexibility index (Phi) is 6.76. The Bertz CT molecular complexity index is 845. The lowest BCUT2D eigenvalue weighted by molar-refractivity contribution is -0.120. The van der Waals surface area contributed by atoms with Crippen LogP contribution in [0, 0.1) is 0 Å². The van der Waals surface area contributed by atoms with Gasteiger partial charge in [-0.3, -0.25) is 30.2 Å². The maximum absolute atomic E-state index is 12.1. The van der Waals surface area contributed by atoms with E-state index in [0.29, 0.717) is 15.8 Å². The SMILES string of the molecule is COc1ccc(Cl)cc1C(=O)NNC(=O)CNC(=O)c1cc(Cl)ccn1. The predicted octanol–water partition coefficient (Wildman–Crippen LogP) is 1.59. The fourth-order valence-electron chi connectivity index (χ4n) is 1.88. The number of halogens is 2. The highest BCUT2D eigenvalue weighted by Gasteiger charge is 2.14. The predicted molar refractivity (Wildman–Crippen MR) is 95.2 cm³/mol. The van der Waals surface area contributed by atoms with Crippen LogP contribution in [0.5, 0.6) is 5.75 Å². The summed E-state index contributed by atoms with van der Waals surface area (Å²) in [6.07, 6.45) is 1.37. The molecule has 0 atom stereocenters. The first-order valence-electron chi connectivity index (χ1n) is 7.23. The van der Waals surface area contributed by atoms with Crippen LogP contribution in [-0.4, -0.2) is 36.4 Å². The fraction of sp³-hybridized carbons (Fsp3) is 0.125. The molecule has 8 nitrogen and oxygen atoms in total. The number of carbonyl (C=O) groups excluding carboxylic acids is 3. The van der Waals surface area contributed by atoms with E-state index in [1.165, 1.54) is 37.6 Å². The molecule has 0 fully saturated rings. The quantitative estimate of drug-likeness (QED) is 0.664. The van der Waals surface area contributed by atoms with Crippen molar-refractivity contribution in [2.24, 2.45) is 0 Å². The van der Waals surface area contributed by atoms with Crippen molar-refractivity contribution in [1.82, 2.24) is 21.2 Å². The highest BCUT2D eigenvalue weighted by molar-refractivity contribution is 6.31. The van der Waals surface area contributed by atoms with Crippen molar-refractivity contribution in [3.63, 3.8) is 0 Å². The summed E-state index contributed by atoms with van der Waals surface area (Å²) in [6, 6.07) is 7.37. The van der Waals surface area contributed by atoms with Crippen LogP contribution >= 0.6 is 23.2 Å². The zero-order valence-corrected chi connectivity index (χ0v) is 15.0. The molecule has 3 amide bonds. The molecular formula is C16H14Cl2N4O4. The molecule has 0 aliphatic heterocycles. The van der Waals surface area contributed by atoms with Gasteiger partial charge in [0, 0.05) is 16.2 Å². The number of aromatic nitrogens is 1. The third kappa shape index (κ3) is 5.33. The number of hydrogen-bond acceptors (Lipinski definition) is 5. The first kappa shape index (κ1) is 19.5. The minimum Gasteiger partial charge on any atom is -0.496 e. The molecule has 1 aromatic carbocycles. The van der Waals surface area contributed by atoms with Gasteiger partial charge in [-0.1, -0.05) is 23.2 Å². The molecule has 0 aliphatic carbocycles. The van der Waals surface area contributed by atoms with Crippen molar-refractivity contribution in [1.29, 1.82) is 0 Å². The summed E-state index contributed by atoms with van der Waals surface area (Å²) in [6.45, 7) is -0.375. The number of rotatable bonds is 5. The van der Waals surface area contributed by atoms with Gasteiger partial charge in [0.2, 0.25) is 0 Å². The molecule has 1 aromatic heterocycles. The smallest absolute Gasteiger partial charge is 0.273 e. The van der Waals surface area contributed by atoms with Crippen LogP contribution in [-0.2, 0) is 4.79 Å². The van der Waals surface area contributed by atoms with Gasteiger partial charge in [0.05, 0.1) is 19.2 Å². The highest BCUT2D eigenvalue weighted by Crippen LogP contribution is 2.22. The summed E-state index contributed by atoms with van der Waals surface area (Å²) >= 11 is 11.6. The Morgan fingerprint density at radius 1 is 1.04 bits per heavy atom. The van der Waals surface area contributed by atoms with E-state index in [-0.39, 0.29) is 17.8 Å². The molecule has 3 N–H and O–H groups in total. The molecule has 1 heterocycles. The van der Waals surface area contributed by atoms with E-state index in [2.05, 4.69) is 21.2 Å². The number of nitrogens with one attached hydrogen (secondary N) is 3. The number of ether oxygens (including phenoxy) is 1. The first-order chi connectivity index (χ1) is 12.4. The standard InChI is InChI=1S/C16H14Cl2N4O4/c1-26-13-3-2-9(17)6-11(13)15(24)22-21-14(23)8-20-16(25)12-7-10(18)4-5-19-12/h2-7H,8H2,1H3,(H,20,25)(H,21,23)(H,22,24). The number of nitrogens with zero attached hydrogens (tertiary/aromatic N) is 1. The van der Waals surface area contributed by atoms with Gasteiger partial charge in [0.15, 0.2) is 0 Å². The molecule has 0 aliphatic rings. The van der Waals surface area contributed by atoms with Gasteiger partial charge >= 0.3 is 0 Å². The third-order valence-electron chi connectivity index (χ3n) is 3.09. The van der Waals surface area contributed by atoms with Gasteiger partial charge in [-0.15, -0.1) is 0 Å². The van der Waals surface area contributed by atoms with Crippen molar-refractivity contribution in [3.8, 4) is 5.75 Å². The van der Waals surface area contributed by atoms with Crippen molar-refractivity contribution in [2.45, 2.75) is 0 Å². The van der Waals surface area contributed by atoms with Gasteiger partial charge in [0.1, 0.15) is 11.4 Å². The minimum absolute atomic E-state index is 0.0676. The van der Waals surface area contributed by atoms with Crippen LogP contribution < -0.4 is 20.9 Å². The highest BCUT2D eigenvalue weighted by atomic mass is 35.5. The maximum atomic E-state index is 12.1. The Labute approximate surface area is 158 Å². The summed E-state index contributed by atoms with van der Waals surface area (Å²) in [5, 5.41) is 3.03. The molecular weight excluding hydrogens is 383 g/mol. The maximum Gasteiger partial charge on any atom is 0.273 e. The lowest BCUT2D eigenvalue weighted by Crippen LogP contribution is -2.46. The molecule has 2 rings (SSSR count). The monoisotopic (exact) mass is 396 g/mol. The van der Waals surface area contributed by atoms with Gasteiger partial charge in [0.25, 0.3) is 17.7 Å². The molecule has 136 valence electrons. The van der Waals surface area contributed by atoms with E-state index in [1.54, 1.807) is 6.07 Å². The summed E-state index contributed by atoms with van der Waals surface area (Å²) in [5.74, 6) is -1.55. The van der Waals surface area contributed by atoms with Crippen LogP contribution in [0.25, 0.3) is 0 Å². The molecule has 2 aromatic rings. The topological polar surface area (TPSA) is 109 Å². The Hall–Kier alpha value is -2.84. The molecule has 0 spiro atoms. The van der Waals surface area contributed by atoms with Crippen LogP contribution in [0.3, 0.4) is 0 Å². The molecule has 10 heteroatoms. The second-order valence-electron chi connectivity index (χ2n) is 4.89. The number of pyridine rings is 1. The van der Waals surface area contributed by atoms with Gasteiger partial charge in [-0.05, 0) is 30.3 Å². The molecule has 26 heavy (non-hydrogen) atoms. The molecule has 0 saturated carbocycles. The summed E-state index contributed by atoms with van der Waals surface area (Å²) in [7, 11) is 1.40. The van der Waals surface area contributed by atoms with Crippen molar-refractivity contribution >= 4 is 40.9 Å². The van der Waals surface area contributed by atoms with E-state index in [1.807, 2.05) is 0 Å². The Morgan fingerprint density at radius 2 is 1.77 bits per heavy atom. The number of carbonyl (C=O) groups is 3. The van der Waals surface area contributed by atoms with Crippen molar-refractivity contribution in [3.05, 3.63) is 57.8 Å². The van der Waals surface area contributed by atoms with Gasteiger partial charge in [-0.25, -0.2) is 0 Å². The van der Waals surface area contributed by atoms with Crippen molar-refractivity contribution in [2.75, 3.05) is 13.7 Å². The van der Waals surface area contributed by atoms with Crippen LogP contribution in [0.1, 0.15) is 20.8 Å². The first-order valence-corrected chi connectivity index (χ1v) is 7.98. The number of methoxy groups -OCH3 is 1. The third-order valence-corrected chi connectivity index (χ3v) is 3.56. The summed E-state index contributed by atoms with van der Waals surface area (Å²) in [4.78, 5) is 39.5. The molecule has 0 radical (unpaired) electrons. The zero-order valence-electron chi connectivity index (χ0n) is 13.5. The van der Waals surface area contributed by atoms with Crippen molar-refractivity contribution < 1.29 is 19.1 Å². The van der Waals surface area contributed by atoms with Gasteiger partial charge < -0.3 is 10.1 Å². The van der Waals surface area contributed by atoms with E-state index >= 15 is 0 Å². The largest absolute Gasteiger partial charge is 0.496 e. The lowest BCUT2D eigenvalue weighted by Gasteiger charge is -2.11.